The van der Waals surface area contributed by atoms with Crippen LogP contribution in [0.3, 0.4) is 0 Å². The number of anilines is 2. The van der Waals surface area contributed by atoms with Gasteiger partial charge in [-0.2, -0.15) is 26.3 Å². The monoisotopic (exact) mass is 874 g/mol. The molecule has 0 aromatic heterocycles. The maximum absolute atomic E-state index is 13.3. The number of alkyl halides is 6. The highest BCUT2D eigenvalue weighted by atomic mass is 19.4. The zero-order valence-corrected chi connectivity index (χ0v) is 32.8. The summed E-state index contributed by atoms with van der Waals surface area (Å²) in [4.78, 5) is 53.6. The number of ether oxygens (including phenoxy) is 2. The lowest BCUT2D eigenvalue weighted by Gasteiger charge is -2.36. The summed E-state index contributed by atoms with van der Waals surface area (Å²) in [6, 6.07) is 16.9. The first kappa shape index (κ1) is 44.9. The van der Waals surface area contributed by atoms with Gasteiger partial charge in [0.2, 0.25) is 0 Å². The van der Waals surface area contributed by atoms with Crippen molar-refractivity contribution in [2.24, 2.45) is 0 Å². The Morgan fingerprint density at radius 2 is 1.02 bits per heavy atom. The number of non-ortho nitro benzene ring substituents is 2. The average molecular weight is 875 g/mol. The van der Waals surface area contributed by atoms with Gasteiger partial charge < -0.3 is 34.2 Å². The van der Waals surface area contributed by atoms with Gasteiger partial charge in [-0.15, -0.1) is 0 Å². The number of nitro benzene ring substituents is 2. The number of phenols is 1. The van der Waals surface area contributed by atoms with Crippen molar-refractivity contribution in [2.75, 3.05) is 75.4 Å². The second-order valence-corrected chi connectivity index (χ2v) is 14.5. The number of hydrogen-bond donors (Lipinski definition) is 1. The molecule has 0 saturated carbocycles. The van der Waals surface area contributed by atoms with Crippen LogP contribution < -0.4 is 14.5 Å². The van der Waals surface area contributed by atoms with Crippen molar-refractivity contribution in [3.05, 3.63) is 127 Å². The zero-order chi connectivity index (χ0) is 44.8. The maximum atomic E-state index is 13.3. The van der Waals surface area contributed by atoms with Crippen molar-refractivity contribution in [3.63, 3.8) is 0 Å². The summed E-state index contributed by atoms with van der Waals surface area (Å²) < 4.78 is 87.7. The summed E-state index contributed by atoms with van der Waals surface area (Å²) in [7, 11) is 0. The second kappa shape index (κ2) is 19.0. The van der Waals surface area contributed by atoms with E-state index in [-0.39, 0.29) is 53.4 Å². The molecule has 0 aliphatic carbocycles. The van der Waals surface area contributed by atoms with Gasteiger partial charge in [0.05, 0.1) is 45.3 Å². The largest absolute Gasteiger partial charge is 0.507 e. The Morgan fingerprint density at radius 3 is 1.44 bits per heavy atom. The van der Waals surface area contributed by atoms with E-state index in [0.717, 1.165) is 42.5 Å². The van der Waals surface area contributed by atoms with Crippen molar-refractivity contribution in [1.29, 1.82) is 0 Å². The van der Waals surface area contributed by atoms with Gasteiger partial charge in [-0.25, -0.2) is 0 Å². The molecule has 0 unspecified atom stereocenters. The molecule has 7 rings (SSSR count). The Labute approximate surface area is 349 Å². The van der Waals surface area contributed by atoms with Crippen molar-refractivity contribution in [1.82, 2.24) is 9.80 Å². The molecule has 330 valence electrons. The first-order valence-electron chi connectivity index (χ1n) is 19.3. The lowest BCUT2D eigenvalue weighted by atomic mass is 10.1. The van der Waals surface area contributed by atoms with Crippen LogP contribution in [-0.4, -0.2) is 108 Å². The van der Waals surface area contributed by atoms with Crippen LogP contribution in [0.15, 0.2) is 84.9 Å². The molecule has 3 saturated heterocycles. The molecule has 2 amide bonds. The summed E-state index contributed by atoms with van der Waals surface area (Å²) in [5.74, 6) is -0.959. The van der Waals surface area contributed by atoms with Crippen LogP contribution >= 0.6 is 0 Å². The fourth-order valence-corrected chi connectivity index (χ4v) is 7.08. The molecular formula is C41H40F6N6O9. The fourth-order valence-electron chi connectivity index (χ4n) is 7.08. The Balaban J connectivity index is 0.000000211. The van der Waals surface area contributed by atoms with Crippen LogP contribution in [-0.2, 0) is 17.1 Å². The molecule has 3 fully saturated rings. The van der Waals surface area contributed by atoms with Gasteiger partial charge in [0, 0.05) is 101 Å². The predicted molar refractivity (Wildman–Crippen MR) is 211 cm³/mol. The van der Waals surface area contributed by atoms with Crippen LogP contribution in [0.25, 0.3) is 0 Å². The lowest BCUT2D eigenvalue weighted by Crippen LogP contribution is -2.49. The number of hydrogen-bond acceptors (Lipinski definition) is 11. The number of halogens is 6. The van der Waals surface area contributed by atoms with Gasteiger partial charge >= 0.3 is 12.4 Å². The molecule has 3 aliphatic heterocycles. The number of carbonyl (C=O) groups excluding carboxylic acids is 2. The summed E-state index contributed by atoms with van der Waals surface area (Å²) in [5.41, 5.74) is -0.729. The number of aromatic hydroxyl groups is 1. The first-order valence-corrected chi connectivity index (χ1v) is 19.3. The highest BCUT2D eigenvalue weighted by Crippen LogP contribution is 2.33. The minimum atomic E-state index is -4.40. The Morgan fingerprint density at radius 1 is 0.613 bits per heavy atom. The molecule has 3 aliphatic rings. The minimum Gasteiger partial charge on any atom is -0.507 e. The summed E-state index contributed by atoms with van der Waals surface area (Å²) in [6.07, 6.45) is -7.61. The first-order chi connectivity index (χ1) is 29.4. The van der Waals surface area contributed by atoms with Crippen molar-refractivity contribution >= 4 is 34.6 Å². The summed E-state index contributed by atoms with van der Waals surface area (Å²) in [5, 5.41) is 32.0. The lowest BCUT2D eigenvalue weighted by molar-refractivity contribution is -0.385. The molecule has 0 radical (unpaired) electrons. The Kier molecular flexibility index (Phi) is 13.7. The van der Waals surface area contributed by atoms with Crippen molar-refractivity contribution in [2.45, 2.75) is 31.3 Å². The number of rotatable bonds is 8. The molecule has 0 spiro atoms. The van der Waals surface area contributed by atoms with E-state index in [9.17, 15) is 61.3 Å². The molecule has 3 heterocycles. The number of piperazine rings is 2. The average Bonchev–Trinajstić information content (AvgIpc) is 3.26. The molecule has 62 heavy (non-hydrogen) atoms. The zero-order valence-electron chi connectivity index (χ0n) is 32.8. The molecule has 4 aromatic rings. The van der Waals surface area contributed by atoms with E-state index in [4.69, 9.17) is 9.47 Å². The number of benzene rings is 4. The predicted octanol–water partition coefficient (Wildman–Crippen LogP) is 7.42. The smallest absolute Gasteiger partial charge is 0.416 e. The van der Waals surface area contributed by atoms with Gasteiger partial charge in [-0.1, -0.05) is 0 Å². The number of phenolic OH excluding ortho intramolecular Hbond substituents is 1. The SMILES string of the molecule is O=C(c1cc([N+](=O)[O-])ccc1O)N1CCN(c2ccc(C(F)(F)F)cc2)CC1.O=C(c1cc([N+](=O)[O-])ccc1OC1CCOCC1)N1CCN(c2ccc(C(F)(F)F)cc2)CC1. The Hall–Kier alpha value is -6.64. The van der Waals surface area contributed by atoms with Crippen LogP contribution in [0.5, 0.6) is 11.5 Å². The van der Waals surface area contributed by atoms with Gasteiger partial charge in [0.1, 0.15) is 17.6 Å². The number of amides is 2. The topological polar surface area (TPSA) is 172 Å². The van der Waals surface area contributed by atoms with E-state index in [1.54, 1.807) is 4.90 Å². The van der Waals surface area contributed by atoms with E-state index in [1.165, 1.54) is 47.4 Å². The third kappa shape index (κ3) is 11.0. The van der Waals surface area contributed by atoms with E-state index >= 15 is 0 Å². The molecule has 0 bridgehead atoms. The Bertz CT molecular complexity index is 2240. The van der Waals surface area contributed by atoms with Crippen molar-refractivity contribution < 1.29 is 60.4 Å². The minimum absolute atomic E-state index is 0.128. The molecule has 1 N–H and O–H groups in total. The van der Waals surface area contributed by atoms with Gasteiger partial charge in [0.25, 0.3) is 23.2 Å². The van der Waals surface area contributed by atoms with Crippen molar-refractivity contribution in [3.8, 4) is 11.5 Å². The highest BCUT2D eigenvalue weighted by Gasteiger charge is 2.33. The molecular weight excluding hydrogens is 834 g/mol. The second-order valence-electron chi connectivity index (χ2n) is 14.5. The number of carbonyl (C=O) groups is 2. The fraction of sp³-hybridized carbons (Fsp3) is 0.366. The van der Waals surface area contributed by atoms with Crippen LogP contribution in [0.1, 0.15) is 44.7 Å². The summed E-state index contributed by atoms with van der Waals surface area (Å²) >= 11 is 0. The highest BCUT2D eigenvalue weighted by molar-refractivity contribution is 5.98. The summed E-state index contributed by atoms with van der Waals surface area (Å²) in [6.45, 7) is 3.87. The van der Waals surface area contributed by atoms with E-state index in [0.29, 0.717) is 82.4 Å². The van der Waals surface area contributed by atoms with Crippen LogP contribution in [0, 0.1) is 20.2 Å². The molecule has 0 atom stereocenters. The maximum Gasteiger partial charge on any atom is 0.416 e. The van der Waals surface area contributed by atoms with Gasteiger partial charge in [-0.3, -0.25) is 29.8 Å². The number of nitrogens with zero attached hydrogens (tertiary/aromatic N) is 6. The quantitative estimate of drug-likeness (QED) is 0.106. The van der Waals surface area contributed by atoms with Gasteiger partial charge in [0.15, 0.2) is 0 Å². The van der Waals surface area contributed by atoms with Crippen LogP contribution in [0.2, 0.25) is 0 Å². The van der Waals surface area contributed by atoms with E-state index in [1.807, 2.05) is 9.80 Å². The molecule has 15 nitrogen and oxygen atoms in total. The third-order valence-electron chi connectivity index (χ3n) is 10.5. The third-order valence-corrected chi connectivity index (χ3v) is 10.5. The normalized spacial score (nSPS) is 16.3. The number of nitro groups is 2. The van der Waals surface area contributed by atoms with E-state index < -0.39 is 39.2 Å². The van der Waals surface area contributed by atoms with Gasteiger partial charge in [-0.05, 0) is 60.7 Å². The van der Waals surface area contributed by atoms with E-state index in [2.05, 4.69) is 0 Å². The molecule has 21 heteroatoms. The standard InChI is InChI=1S/C23H24F3N3O5.C18H16F3N3O4/c24-23(25,26)16-1-3-17(4-2-16)27-9-11-28(12-10-27)22(30)20-15-18(29(31)32)5-6-21(20)34-19-7-13-33-14-8-19;19-18(20,21)12-1-3-13(4-2-12)22-7-9-23(10-8-22)17(26)15-11-14(24(27)28)5-6-16(15)25/h1-6,15,19H,7-14H2;1-6,11,25H,7-10H2. The van der Waals surface area contributed by atoms with Crippen LogP contribution in [0.4, 0.5) is 49.1 Å². The molecule has 4 aromatic carbocycles.